The van der Waals surface area contributed by atoms with Crippen LogP contribution >= 0.6 is 11.6 Å². The van der Waals surface area contributed by atoms with E-state index in [0.717, 1.165) is 0 Å². The maximum absolute atomic E-state index is 13.1. The number of anilines is 3. The average Bonchev–Trinajstić information content (AvgIpc) is 3.12. The number of carbonyl (C=O) groups excluding carboxylic acids is 1. The van der Waals surface area contributed by atoms with Crippen molar-refractivity contribution in [3.8, 4) is 0 Å². The maximum Gasteiger partial charge on any atom is 0.327 e. The van der Waals surface area contributed by atoms with E-state index in [2.05, 4.69) is 30.8 Å². The minimum Gasteiger partial charge on any atom is -0.326 e. The molecule has 25 heavy (non-hydrogen) atoms. The Kier molecular flexibility index (Phi) is 2.47. The number of rotatable bonds is 0. The molecule has 0 fully saturated rings. The second-order valence-corrected chi connectivity index (χ2v) is 6.22. The van der Waals surface area contributed by atoms with Crippen molar-refractivity contribution >= 4 is 34.8 Å². The third kappa shape index (κ3) is 1.53. The van der Waals surface area contributed by atoms with Crippen molar-refractivity contribution in [3.05, 3.63) is 66.9 Å². The summed E-state index contributed by atoms with van der Waals surface area (Å²) in [5, 5.41) is 12.8. The summed E-state index contributed by atoms with van der Waals surface area (Å²) in [4.78, 5) is 42.2. The molecule has 0 aliphatic carbocycles. The number of aromatic nitrogens is 4. The second kappa shape index (κ2) is 4.39. The summed E-state index contributed by atoms with van der Waals surface area (Å²) < 4.78 is 0. The summed E-state index contributed by atoms with van der Waals surface area (Å²) in [6.45, 7) is 0. The Labute approximate surface area is 143 Å². The van der Waals surface area contributed by atoms with E-state index in [4.69, 9.17) is 11.6 Å². The van der Waals surface area contributed by atoms with Gasteiger partial charge in [-0.1, -0.05) is 23.7 Å². The van der Waals surface area contributed by atoms with Crippen LogP contribution in [0, 0.1) is 0 Å². The van der Waals surface area contributed by atoms with Gasteiger partial charge in [0.25, 0.3) is 5.56 Å². The predicted molar refractivity (Wildman–Crippen MR) is 89.5 cm³/mol. The first-order chi connectivity index (χ1) is 12.0. The fourth-order valence-electron chi connectivity index (χ4n) is 3.67. The van der Waals surface area contributed by atoms with Gasteiger partial charge in [-0.25, -0.2) is 4.79 Å². The van der Waals surface area contributed by atoms with Crippen LogP contribution in [0.5, 0.6) is 0 Å². The number of H-pyrrole nitrogens is 3. The van der Waals surface area contributed by atoms with Crippen molar-refractivity contribution in [2.75, 3.05) is 10.6 Å². The van der Waals surface area contributed by atoms with Gasteiger partial charge in [0.2, 0.25) is 5.91 Å². The molecule has 124 valence electrons. The molecule has 4 heterocycles. The van der Waals surface area contributed by atoms with Gasteiger partial charge in [0.15, 0.2) is 0 Å². The van der Waals surface area contributed by atoms with E-state index in [-0.39, 0.29) is 11.4 Å². The number of halogens is 1. The van der Waals surface area contributed by atoms with Crippen LogP contribution in [-0.2, 0) is 10.2 Å². The Balaban J connectivity index is 2.01. The zero-order chi connectivity index (χ0) is 17.3. The van der Waals surface area contributed by atoms with Crippen LogP contribution in [0.3, 0.4) is 0 Å². The molecule has 1 aromatic carbocycles. The van der Waals surface area contributed by atoms with Crippen molar-refractivity contribution < 1.29 is 4.79 Å². The molecule has 2 aliphatic heterocycles. The summed E-state index contributed by atoms with van der Waals surface area (Å²) in [5.74, 6) is 0.101. The monoisotopic (exact) mass is 356 g/mol. The first kappa shape index (κ1) is 14.1. The molecule has 0 bridgehead atoms. The minimum atomic E-state index is -1.47. The maximum atomic E-state index is 13.1. The van der Waals surface area contributed by atoms with Crippen LogP contribution in [0.4, 0.5) is 17.3 Å². The second-order valence-electron chi connectivity index (χ2n) is 5.81. The normalized spacial score (nSPS) is 19.8. The highest BCUT2D eigenvalue weighted by Crippen LogP contribution is 2.53. The first-order valence-corrected chi connectivity index (χ1v) is 7.69. The highest BCUT2D eigenvalue weighted by molar-refractivity contribution is 6.35. The van der Waals surface area contributed by atoms with Gasteiger partial charge in [-0.3, -0.25) is 24.7 Å². The lowest BCUT2D eigenvalue weighted by Crippen LogP contribution is -2.46. The van der Waals surface area contributed by atoms with E-state index in [1.807, 2.05) is 0 Å². The van der Waals surface area contributed by atoms with Crippen LogP contribution in [0.1, 0.15) is 16.7 Å². The van der Waals surface area contributed by atoms with E-state index in [9.17, 15) is 14.4 Å². The molecule has 10 heteroatoms. The minimum absolute atomic E-state index is 0.0829. The zero-order valence-electron chi connectivity index (χ0n) is 12.4. The molecule has 3 aromatic rings. The Morgan fingerprint density at radius 1 is 1.00 bits per heavy atom. The molecule has 0 radical (unpaired) electrons. The number of hydrogen-bond acceptors (Lipinski definition) is 5. The van der Waals surface area contributed by atoms with Crippen molar-refractivity contribution in [1.29, 1.82) is 0 Å². The number of fused-ring (bicyclic) bond motifs is 6. The van der Waals surface area contributed by atoms with Gasteiger partial charge in [-0.15, -0.1) is 0 Å². The van der Waals surface area contributed by atoms with Gasteiger partial charge >= 0.3 is 5.69 Å². The third-order valence-electron chi connectivity index (χ3n) is 4.61. The number of hydrogen-bond donors (Lipinski definition) is 5. The Hall–Kier alpha value is -3.33. The van der Waals surface area contributed by atoms with Gasteiger partial charge in [0.1, 0.15) is 17.1 Å². The van der Waals surface area contributed by atoms with Crippen molar-refractivity contribution in [2.45, 2.75) is 5.41 Å². The number of benzene rings is 1. The molecular formula is C15H9ClN6O3. The van der Waals surface area contributed by atoms with E-state index in [1.165, 1.54) is 6.20 Å². The first-order valence-electron chi connectivity index (χ1n) is 7.32. The molecule has 2 aromatic heterocycles. The highest BCUT2D eigenvalue weighted by Gasteiger charge is 2.57. The third-order valence-corrected chi connectivity index (χ3v) is 4.92. The van der Waals surface area contributed by atoms with Crippen LogP contribution in [0.2, 0.25) is 5.02 Å². The van der Waals surface area contributed by atoms with Gasteiger partial charge in [0.05, 0.1) is 22.5 Å². The molecule has 5 N–H and O–H groups in total. The van der Waals surface area contributed by atoms with Crippen molar-refractivity contribution in [1.82, 2.24) is 20.2 Å². The largest absolute Gasteiger partial charge is 0.327 e. The Morgan fingerprint density at radius 3 is 2.68 bits per heavy atom. The number of nitrogens with zero attached hydrogens (tertiary/aromatic N) is 1. The summed E-state index contributed by atoms with van der Waals surface area (Å²) >= 11 is 6.23. The molecule has 1 amide bonds. The zero-order valence-corrected chi connectivity index (χ0v) is 13.1. The molecule has 9 nitrogen and oxygen atoms in total. The Morgan fingerprint density at radius 2 is 1.84 bits per heavy atom. The molecule has 1 atom stereocenters. The summed E-state index contributed by atoms with van der Waals surface area (Å²) in [6.07, 6.45) is 1.48. The van der Waals surface area contributed by atoms with E-state index >= 15 is 0 Å². The average molecular weight is 357 g/mol. The molecule has 2 aliphatic rings. The number of carbonyl (C=O) groups is 1. The van der Waals surface area contributed by atoms with Crippen LogP contribution in [0.15, 0.2) is 34.0 Å². The van der Waals surface area contributed by atoms with Gasteiger partial charge in [-0.2, -0.15) is 5.10 Å². The van der Waals surface area contributed by atoms with Gasteiger partial charge in [0, 0.05) is 11.1 Å². The molecule has 1 spiro atoms. The molecular weight excluding hydrogens is 348 g/mol. The van der Waals surface area contributed by atoms with Crippen molar-refractivity contribution in [2.24, 2.45) is 0 Å². The smallest absolute Gasteiger partial charge is 0.326 e. The van der Waals surface area contributed by atoms with Crippen LogP contribution < -0.4 is 21.9 Å². The lowest BCUT2D eigenvalue weighted by molar-refractivity contribution is -0.118. The SMILES string of the molecule is O=C1Nc2c(Cl)cccc2C12c1cn[nH]c1Nc1[nH]c(=O)[nH]c(=O)c12. The predicted octanol–water partition coefficient (Wildman–Crippen LogP) is 0.783. The molecule has 0 saturated heterocycles. The van der Waals surface area contributed by atoms with Crippen LogP contribution in [0.25, 0.3) is 0 Å². The highest BCUT2D eigenvalue weighted by atomic mass is 35.5. The number of para-hydroxylation sites is 1. The van der Waals surface area contributed by atoms with E-state index in [0.29, 0.717) is 27.7 Å². The fraction of sp³-hybridized carbons (Fsp3) is 0.0667. The molecule has 1 unspecified atom stereocenters. The quantitative estimate of drug-likeness (QED) is 0.405. The standard InChI is InChI=1S/C15H9ClN6O3/c16-7-3-1-2-5-9(7)18-13(24)15(5)6-4-17-22-10(6)19-11-8(15)12(23)21-14(25)20-11/h1-4H,(H,18,24)(H4,17,19,20,21,22,23,25). The summed E-state index contributed by atoms with van der Waals surface area (Å²) in [5.41, 5.74) is -1.32. The molecule has 5 rings (SSSR count). The van der Waals surface area contributed by atoms with Crippen molar-refractivity contribution in [3.63, 3.8) is 0 Å². The topological polar surface area (TPSA) is 136 Å². The number of amides is 1. The lowest BCUT2D eigenvalue weighted by atomic mass is 9.70. The lowest BCUT2D eigenvalue weighted by Gasteiger charge is -2.32. The summed E-state index contributed by atoms with van der Waals surface area (Å²) in [6, 6.07) is 5.06. The number of nitrogens with one attached hydrogen (secondary N) is 5. The van der Waals surface area contributed by atoms with Crippen LogP contribution in [-0.4, -0.2) is 26.1 Å². The van der Waals surface area contributed by atoms with Gasteiger partial charge in [-0.05, 0) is 6.07 Å². The summed E-state index contributed by atoms with van der Waals surface area (Å²) in [7, 11) is 0. The number of aromatic amines is 3. The Bertz CT molecular complexity index is 1190. The van der Waals surface area contributed by atoms with E-state index < -0.39 is 22.6 Å². The molecule has 0 saturated carbocycles. The fourth-order valence-corrected chi connectivity index (χ4v) is 3.89. The van der Waals surface area contributed by atoms with E-state index in [1.54, 1.807) is 18.2 Å². The van der Waals surface area contributed by atoms with Gasteiger partial charge < -0.3 is 10.6 Å².